The van der Waals surface area contributed by atoms with Crippen molar-refractivity contribution in [2.75, 3.05) is 0 Å². The Labute approximate surface area is 185 Å². The molecule has 1 unspecified atom stereocenters. The highest BCUT2D eigenvalue weighted by Crippen LogP contribution is 2.36. The van der Waals surface area contributed by atoms with Crippen molar-refractivity contribution in [3.05, 3.63) is 82.1 Å². The summed E-state index contributed by atoms with van der Waals surface area (Å²) in [5.41, 5.74) is 4.42. The fourth-order valence-corrected chi connectivity index (χ4v) is 4.27. The molecule has 3 aromatic rings. The van der Waals surface area contributed by atoms with E-state index in [1.165, 1.54) is 0 Å². The molecule has 1 amide bonds. The van der Waals surface area contributed by atoms with Crippen LogP contribution in [0.1, 0.15) is 35.9 Å². The molecule has 0 fully saturated rings. The number of amidine groups is 2. The van der Waals surface area contributed by atoms with Gasteiger partial charge in [0.15, 0.2) is 5.84 Å². The highest BCUT2D eigenvalue weighted by Gasteiger charge is 2.43. The second kappa shape index (κ2) is 7.78. The second-order valence-corrected chi connectivity index (χ2v) is 8.23. The number of amides is 1. The molecule has 2 aromatic carbocycles. The van der Waals surface area contributed by atoms with E-state index in [1.807, 2.05) is 61.6 Å². The summed E-state index contributed by atoms with van der Waals surface area (Å²) in [6.45, 7) is 2.12. The zero-order valence-electron chi connectivity index (χ0n) is 17.4. The van der Waals surface area contributed by atoms with Gasteiger partial charge in [0.05, 0.1) is 5.69 Å². The van der Waals surface area contributed by atoms with Gasteiger partial charge in [-0.3, -0.25) is 14.5 Å². The summed E-state index contributed by atoms with van der Waals surface area (Å²) in [5.74, 6) is 1.13. The lowest BCUT2D eigenvalue weighted by atomic mass is 10.1. The summed E-state index contributed by atoms with van der Waals surface area (Å²) in [6, 6.07) is 16.9. The van der Waals surface area contributed by atoms with E-state index in [4.69, 9.17) is 21.6 Å². The Balaban J connectivity index is 1.65. The minimum atomic E-state index is -0.495. The lowest BCUT2D eigenvalue weighted by molar-refractivity contribution is -0.124. The van der Waals surface area contributed by atoms with Gasteiger partial charge in [-0.15, -0.1) is 0 Å². The predicted octanol–water partition coefficient (Wildman–Crippen LogP) is 4.32. The molecule has 6 nitrogen and oxygen atoms in total. The van der Waals surface area contributed by atoms with Crippen LogP contribution in [0.15, 0.2) is 64.6 Å². The summed E-state index contributed by atoms with van der Waals surface area (Å²) >= 11 is 6.10. The zero-order valence-corrected chi connectivity index (χ0v) is 18.2. The van der Waals surface area contributed by atoms with E-state index in [2.05, 4.69) is 12.0 Å². The number of fused-ring (bicyclic) bond motifs is 3. The molecular weight excluding hydrogens is 410 g/mol. The minimum absolute atomic E-state index is 0.0727. The largest absolute Gasteiger partial charge is 0.271 e. The third-order valence-corrected chi connectivity index (χ3v) is 5.84. The van der Waals surface area contributed by atoms with Crippen molar-refractivity contribution in [2.24, 2.45) is 17.0 Å². The Morgan fingerprint density at radius 2 is 1.77 bits per heavy atom. The van der Waals surface area contributed by atoms with E-state index < -0.39 is 6.04 Å². The maximum absolute atomic E-state index is 13.5. The van der Waals surface area contributed by atoms with Crippen LogP contribution < -0.4 is 0 Å². The number of nitrogens with zero attached hydrogens (tertiary/aromatic N) is 5. The van der Waals surface area contributed by atoms with E-state index in [1.54, 1.807) is 9.58 Å². The average Bonchev–Trinajstić information content (AvgIpc) is 3.26. The van der Waals surface area contributed by atoms with Crippen LogP contribution >= 0.6 is 11.6 Å². The van der Waals surface area contributed by atoms with Gasteiger partial charge in [-0.1, -0.05) is 55.3 Å². The van der Waals surface area contributed by atoms with Gasteiger partial charge in [0, 0.05) is 24.1 Å². The minimum Gasteiger partial charge on any atom is -0.271 e. The standard InChI is InChI=1S/C24H22ClN5O/c1-3-7-18-20-21(29(2)28-18)23-26-19(14-15-8-5-4-6-9-15)24(31)30(23)22(27-20)16-10-12-17(25)13-11-16/h4-6,8-13,19H,3,7,14H2,1-2H3. The lowest BCUT2D eigenvalue weighted by Gasteiger charge is -2.25. The van der Waals surface area contributed by atoms with Crippen LogP contribution in [0, 0.1) is 0 Å². The Kier molecular flexibility index (Phi) is 4.94. The maximum Gasteiger partial charge on any atom is 0.259 e. The number of aromatic nitrogens is 2. The smallest absolute Gasteiger partial charge is 0.259 e. The molecule has 2 aliphatic rings. The molecule has 7 heteroatoms. The molecule has 0 bridgehead atoms. The molecule has 1 aromatic heterocycles. The number of aliphatic imine (C=N–C) groups is 2. The molecule has 0 aliphatic carbocycles. The molecule has 0 radical (unpaired) electrons. The Hall–Kier alpha value is -3.25. The van der Waals surface area contributed by atoms with Crippen LogP contribution in [-0.2, 0) is 24.7 Å². The van der Waals surface area contributed by atoms with E-state index in [9.17, 15) is 4.79 Å². The number of carbonyl (C=O) groups excluding carboxylic acids is 1. The van der Waals surface area contributed by atoms with Gasteiger partial charge in [0.2, 0.25) is 0 Å². The molecule has 0 saturated heterocycles. The number of hydrogen-bond acceptors (Lipinski definition) is 4. The van der Waals surface area contributed by atoms with Crippen molar-refractivity contribution in [2.45, 2.75) is 32.2 Å². The van der Waals surface area contributed by atoms with Gasteiger partial charge in [-0.2, -0.15) is 5.10 Å². The molecule has 5 rings (SSSR count). The number of aryl methyl sites for hydroxylation is 2. The highest BCUT2D eigenvalue weighted by molar-refractivity contribution is 6.32. The first-order chi connectivity index (χ1) is 15.1. The third kappa shape index (κ3) is 3.37. The Morgan fingerprint density at radius 1 is 1.03 bits per heavy atom. The monoisotopic (exact) mass is 431 g/mol. The molecule has 0 spiro atoms. The summed E-state index contributed by atoms with van der Waals surface area (Å²) < 4.78 is 1.80. The maximum atomic E-state index is 13.5. The molecule has 0 saturated carbocycles. The van der Waals surface area contributed by atoms with Gasteiger partial charge in [-0.05, 0) is 36.2 Å². The third-order valence-electron chi connectivity index (χ3n) is 5.59. The molecule has 31 heavy (non-hydrogen) atoms. The fraction of sp³-hybridized carbons (Fsp3) is 0.250. The Morgan fingerprint density at radius 3 is 2.48 bits per heavy atom. The summed E-state index contributed by atoms with van der Waals surface area (Å²) in [5, 5.41) is 5.32. The van der Waals surface area contributed by atoms with E-state index in [0.717, 1.165) is 41.0 Å². The lowest BCUT2D eigenvalue weighted by Crippen LogP contribution is -2.43. The normalized spacial score (nSPS) is 17.3. The van der Waals surface area contributed by atoms with Gasteiger partial charge >= 0.3 is 0 Å². The average molecular weight is 432 g/mol. The molecule has 3 heterocycles. The van der Waals surface area contributed by atoms with Crippen molar-refractivity contribution >= 4 is 34.9 Å². The number of halogens is 1. The highest BCUT2D eigenvalue weighted by atomic mass is 35.5. The number of hydrogen-bond donors (Lipinski definition) is 0. The van der Waals surface area contributed by atoms with Crippen LogP contribution in [-0.4, -0.2) is 38.3 Å². The van der Waals surface area contributed by atoms with Crippen molar-refractivity contribution in [1.82, 2.24) is 14.7 Å². The van der Waals surface area contributed by atoms with Gasteiger partial charge < -0.3 is 0 Å². The van der Waals surface area contributed by atoms with Crippen LogP contribution in [0.4, 0.5) is 5.69 Å². The second-order valence-electron chi connectivity index (χ2n) is 7.79. The summed E-state index contributed by atoms with van der Waals surface area (Å²) in [6.07, 6.45) is 2.32. The van der Waals surface area contributed by atoms with Crippen LogP contribution in [0.5, 0.6) is 0 Å². The summed E-state index contributed by atoms with van der Waals surface area (Å²) in [4.78, 5) is 25.0. The number of rotatable bonds is 5. The molecule has 156 valence electrons. The van der Waals surface area contributed by atoms with E-state index >= 15 is 0 Å². The van der Waals surface area contributed by atoms with Gasteiger partial charge in [0.25, 0.3) is 5.91 Å². The molecular formula is C24H22ClN5O. The quantitative estimate of drug-likeness (QED) is 0.604. The SMILES string of the molecule is CCCc1nn(C)c2c1N=C(c1ccc(Cl)cc1)N1C(=O)C(Cc3ccccc3)N=C21. The fourth-order valence-electron chi connectivity index (χ4n) is 4.15. The van der Waals surface area contributed by atoms with E-state index in [0.29, 0.717) is 23.1 Å². The van der Waals surface area contributed by atoms with Crippen molar-refractivity contribution in [3.8, 4) is 0 Å². The Bertz CT molecular complexity index is 1210. The van der Waals surface area contributed by atoms with Crippen molar-refractivity contribution in [3.63, 3.8) is 0 Å². The van der Waals surface area contributed by atoms with E-state index in [-0.39, 0.29) is 5.91 Å². The van der Waals surface area contributed by atoms with Crippen molar-refractivity contribution < 1.29 is 4.79 Å². The van der Waals surface area contributed by atoms with Crippen LogP contribution in [0.2, 0.25) is 5.02 Å². The van der Waals surface area contributed by atoms with Crippen LogP contribution in [0.3, 0.4) is 0 Å². The predicted molar refractivity (Wildman–Crippen MR) is 122 cm³/mol. The molecule has 1 atom stereocenters. The number of carbonyl (C=O) groups is 1. The zero-order chi connectivity index (χ0) is 21.5. The summed E-state index contributed by atoms with van der Waals surface area (Å²) in [7, 11) is 1.89. The topological polar surface area (TPSA) is 62.9 Å². The first kappa shape index (κ1) is 19.7. The number of benzene rings is 2. The molecule has 0 N–H and O–H groups in total. The first-order valence-corrected chi connectivity index (χ1v) is 10.8. The first-order valence-electron chi connectivity index (χ1n) is 10.4. The van der Waals surface area contributed by atoms with Crippen LogP contribution in [0.25, 0.3) is 0 Å². The van der Waals surface area contributed by atoms with Crippen molar-refractivity contribution in [1.29, 1.82) is 0 Å². The van der Waals surface area contributed by atoms with Gasteiger partial charge in [-0.25, -0.2) is 9.89 Å². The van der Waals surface area contributed by atoms with Gasteiger partial charge in [0.1, 0.15) is 23.3 Å². The molecule has 2 aliphatic heterocycles.